The molecule has 1 amide bonds. The van der Waals surface area contributed by atoms with Gasteiger partial charge in [-0.1, -0.05) is 36.4 Å². The molecule has 0 saturated heterocycles. The van der Waals surface area contributed by atoms with E-state index < -0.39 is 17.8 Å². The van der Waals surface area contributed by atoms with Crippen molar-refractivity contribution in [3.05, 3.63) is 87.4 Å². The maximum atomic E-state index is 13.7. The third-order valence-corrected chi connectivity index (χ3v) is 6.05. The standard InChI is InChI=1S/C23H20FNO4S/c1-28-23(27)19-11-16-6-2-3-7-17(16)12-25(19)22(26)21-10-15(14-30-21)13-29-20-9-5-4-8-18(20)24/h2-10,14,19H,11-13H2,1H3. The Hall–Kier alpha value is -3.19. The minimum Gasteiger partial charge on any atom is -0.486 e. The number of hydrogen-bond donors (Lipinski definition) is 0. The molecule has 1 aromatic heterocycles. The quantitative estimate of drug-likeness (QED) is 0.575. The van der Waals surface area contributed by atoms with Gasteiger partial charge in [-0.3, -0.25) is 4.79 Å². The van der Waals surface area contributed by atoms with Gasteiger partial charge in [0.1, 0.15) is 12.6 Å². The zero-order valence-corrected chi connectivity index (χ0v) is 17.2. The van der Waals surface area contributed by atoms with Crippen molar-refractivity contribution in [1.82, 2.24) is 4.90 Å². The summed E-state index contributed by atoms with van der Waals surface area (Å²) in [4.78, 5) is 27.6. The van der Waals surface area contributed by atoms with Crippen LogP contribution in [0.5, 0.6) is 5.75 Å². The second-order valence-corrected chi connectivity index (χ2v) is 7.89. The van der Waals surface area contributed by atoms with E-state index in [-0.39, 0.29) is 18.3 Å². The van der Waals surface area contributed by atoms with Gasteiger partial charge in [0.25, 0.3) is 5.91 Å². The summed E-state index contributed by atoms with van der Waals surface area (Å²) in [5.41, 5.74) is 2.83. The molecule has 5 nitrogen and oxygen atoms in total. The van der Waals surface area contributed by atoms with Crippen molar-refractivity contribution >= 4 is 23.2 Å². The Morgan fingerprint density at radius 2 is 1.87 bits per heavy atom. The fourth-order valence-corrected chi connectivity index (χ4v) is 4.36. The fraction of sp³-hybridized carbons (Fsp3) is 0.217. The second-order valence-electron chi connectivity index (χ2n) is 6.98. The van der Waals surface area contributed by atoms with Crippen LogP contribution in [0.25, 0.3) is 0 Å². The number of fused-ring (bicyclic) bond motifs is 1. The molecule has 0 radical (unpaired) electrons. The zero-order chi connectivity index (χ0) is 21.1. The maximum absolute atomic E-state index is 13.7. The molecular formula is C23H20FNO4S. The molecule has 0 fully saturated rings. The molecule has 1 unspecified atom stereocenters. The number of esters is 1. The molecule has 0 N–H and O–H groups in total. The lowest BCUT2D eigenvalue weighted by molar-refractivity contribution is -0.146. The van der Waals surface area contributed by atoms with Crippen LogP contribution >= 0.6 is 11.3 Å². The minimum atomic E-state index is -0.669. The maximum Gasteiger partial charge on any atom is 0.328 e. The summed E-state index contributed by atoms with van der Waals surface area (Å²) < 4.78 is 24.2. The van der Waals surface area contributed by atoms with Gasteiger partial charge in [0.2, 0.25) is 0 Å². The predicted molar refractivity (Wildman–Crippen MR) is 111 cm³/mol. The Bertz CT molecular complexity index is 1080. The van der Waals surface area contributed by atoms with Gasteiger partial charge < -0.3 is 14.4 Å². The van der Waals surface area contributed by atoms with Crippen LogP contribution in [0.2, 0.25) is 0 Å². The Morgan fingerprint density at radius 1 is 1.13 bits per heavy atom. The molecule has 2 heterocycles. The van der Waals surface area contributed by atoms with E-state index in [0.29, 0.717) is 17.8 Å². The Morgan fingerprint density at radius 3 is 2.63 bits per heavy atom. The Kier molecular flexibility index (Phi) is 5.81. The number of carbonyl (C=O) groups excluding carboxylic acids is 2. The summed E-state index contributed by atoms with van der Waals surface area (Å²) >= 11 is 1.28. The Balaban J connectivity index is 1.52. The number of methoxy groups -OCH3 is 1. The summed E-state index contributed by atoms with van der Waals surface area (Å²) in [5.74, 6) is -0.938. The molecule has 30 heavy (non-hydrogen) atoms. The van der Waals surface area contributed by atoms with Crippen LogP contribution in [-0.4, -0.2) is 29.9 Å². The molecule has 0 bridgehead atoms. The lowest BCUT2D eigenvalue weighted by atomic mass is 9.93. The molecule has 1 aliphatic rings. The number of halogens is 1. The van der Waals surface area contributed by atoms with Crippen LogP contribution in [0, 0.1) is 5.82 Å². The summed E-state index contributed by atoms with van der Waals surface area (Å²) in [5, 5.41) is 1.80. The average molecular weight is 425 g/mol. The van der Waals surface area contributed by atoms with Crippen LogP contribution in [0.15, 0.2) is 60.0 Å². The fourth-order valence-electron chi connectivity index (χ4n) is 3.51. The third kappa shape index (κ3) is 4.07. The number of thiophene rings is 1. The lowest BCUT2D eigenvalue weighted by Gasteiger charge is -2.34. The highest BCUT2D eigenvalue weighted by Crippen LogP contribution is 2.28. The van der Waals surface area contributed by atoms with Gasteiger partial charge in [-0.15, -0.1) is 11.3 Å². The van der Waals surface area contributed by atoms with Crippen molar-refractivity contribution < 1.29 is 23.5 Å². The molecule has 4 rings (SSSR count). The first kappa shape index (κ1) is 20.1. The van der Waals surface area contributed by atoms with Crippen LogP contribution in [0.1, 0.15) is 26.4 Å². The number of rotatable bonds is 5. The summed E-state index contributed by atoms with van der Waals surface area (Å²) in [6, 6.07) is 15.0. The van der Waals surface area contributed by atoms with Crippen LogP contribution in [0.3, 0.4) is 0 Å². The molecule has 154 valence electrons. The van der Waals surface area contributed by atoms with E-state index in [2.05, 4.69) is 0 Å². The van der Waals surface area contributed by atoms with E-state index in [1.807, 2.05) is 24.3 Å². The third-order valence-electron chi connectivity index (χ3n) is 5.08. The number of carbonyl (C=O) groups is 2. The van der Waals surface area contributed by atoms with Gasteiger partial charge in [0, 0.05) is 18.5 Å². The SMILES string of the molecule is COC(=O)C1Cc2ccccc2CN1C(=O)c1cc(COc2ccccc2F)cs1. The molecule has 0 spiro atoms. The number of nitrogens with zero attached hydrogens (tertiary/aromatic N) is 1. The van der Waals surface area contributed by atoms with Crippen molar-refractivity contribution in [1.29, 1.82) is 0 Å². The number of para-hydroxylation sites is 1. The van der Waals surface area contributed by atoms with Crippen LogP contribution < -0.4 is 4.74 Å². The first-order valence-corrected chi connectivity index (χ1v) is 10.3. The van der Waals surface area contributed by atoms with Crippen LogP contribution in [0.4, 0.5) is 4.39 Å². The van der Waals surface area contributed by atoms with Gasteiger partial charge in [-0.05, 0) is 34.7 Å². The van der Waals surface area contributed by atoms with Crippen LogP contribution in [-0.2, 0) is 29.1 Å². The summed E-state index contributed by atoms with van der Waals surface area (Å²) in [6.07, 6.45) is 0.420. The number of ether oxygens (including phenoxy) is 2. The molecule has 3 aromatic rings. The highest BCUT2D eigenvalue weighted by atomic mass is 32.1. The van der Waals surface area contributed by atoms with E-state index in [0.717, 1.165) is 16.7 Å². The van der Waals surface area contributed by atoms with Crippen molar-refractivity contribution in [2.45, 2.75) is 25.6 Å². The molecule has 1 atom stereocenters. The number of hydrogen-bond acceptors (Lipinski definition) is 5. The second kappa shape index (κ2) is 8.67. The molecule has 0 aliphatic carbocycles. The number of amides is 1. The molecule has 1 aliphatic heterocycles. The zero-order valence-electron chi connectivity index (χ0n) is 16.3. The van der Waals surface area contributed by atoms with Crippen molar-refractivity contribution in [3.8, 4) is 5.75 Å². The lowest BCUT2D eigenvalue weighted by Crippen LogP contribution is -2.49. The van der Waals surface area contributed by atoms with Crippen molar-refractivity contribution in [3.63, 3.8) is 0 Å². The summed E-state index contributed by atoms with van der Waals surface area (Å²) in [7, 11) is 1.33. The first-order chi connectivity index (χ1) is 14.6. The van der Waals surface area contributed by atoms with Gasteiger partial charge in [0.15, 0.2) is 11.6 Å². The highest BCUT2D eigenvalue weighted by Gasteiger charge is 2.36. The van der Waals surface area contributed by atoms with E-state index in [9.17, 15) is 14.0 Å². The van der Waals surface area contributed by atoms with E-state index in [4.69, 9.17) is 9.47 Å². The molecule has 2 aromatic carbocycles. The van der Waals surface area contributed by atoms with Gasteiger partial charge in [-0.2, -0.15) is 0 Å². The highest BCUT2D eigenvalue weighted by molar-refractivity contribution is 7.12. The average Bonchev–Trinajstić information content (AvgIpc) is 3.25. The smallest absolute Gasteiger partial charge is 0.328 e. The molecular weight excluding hydrogens is 405 g/mol. The van der Waals surface area contributed by atoms with Gasteiger partial charge in [-0.25, -0.2) is 9.18 Å². The van der Waals surface area contributed by atoms with E-state index in [1.54, 1.807) is 34.5 Å². The largest absolute Gasteiger partial charge is 0.486 e. The first-order valence-electron chi connectivity index (χ1n) is 9.47. The van der Waals surface area contributed by atoms with Crippen molar-refractivity contribution in [2.75, 3.05) is 7.11 Å². The molecule has 0 saturated carbocycles. The normalized spacial score (nSPS) is 15.4. The van der Waals surface area contributed by atoms with Gasteiger partial charge in [0.05, 0.1) is 12.0 Å². The monoisotopic (exact) mass is 425 g/mol. The minimum absolute atomic E-state index is 0.147. The predicted octanol–water partition coefficient (Wildman–Crippen LogP) is 4.21. The summed E-state index contributed by atoms with van der Waals surface area (Å²) in [6.45, 7) is 0.488. The topological polar surface area (TPSA) is 55.8 Å². The molecule has 7 heteroatoms. The van der Waals surface area contributed by atoms with E-state index in [1.165, 1.54) is 24.5 Å². The Labute approximate surface area is 177 Å². The van der Waals surface area contributed by atoms with E-state index >= 15 is 0 Å². The van der Waals surface area contributed by atoms with Gasteiger partial charge >= 0.3 is 5.97 Å². The van der Waals surface area contributed by atoms with Crippen molar-refractivity contribution in [2.24, 2.45) is 0 Å². The number of benzene rings is 2.